The molecule has 31 heavy (non-hydrogen) atoms. The Labute approximate surface area is 177 Å². The van der Waals surface area contributed by atoms with Gasteiger partial charge in [-0.3, -0.25) is 0 Å². The first-order valence-electron chi connectivity index (χ1n) is 9.97. The van der Waals surface area contributed by atoms with Crippen LogP contribution in [0, 0.1) is 0 Å². The summed E-state index contributed by atoms with van der Waals surface area (Å²) >= 11 is 0. The molecule has 0 radical (unpaired) electrons. The predicted octanol–water partition coefficient (Wildman–Crippen LogP) is 3.10. The Balaban J connectivity index is 1.78. The topological polar surface area (TPSA) is 88.5 Å². The number of ether oxygens (including phenoxy) is 3. The zero-order valence-electron chi connectivity index (χ0n) is 17.0. The molecule has 8 nitrogen and oxygen atoms in total. The monoisotopic (exact) mass is 446 g/mol. The highest BCUT2D eigenvalue weighted by molar-refractivity contribution is 5.75. The minimum atomic E-state index is -4.82. The van der Waals surface area contributed by atoms with Gasteiger partial charge in [0, 0.05) is 25.6 Å². The zero-order chi connectivity index (χ0) is 22.6. The maximum atomic E-state index is 13.0. The quantitative estimate of drug-likeness (QED) is 0.718. The number of hydrogen-bond acceptors (Lipinski definition) is 6. The summed E-state index contributed by atoms with van der Waals surface area (Å²) in [7, 11) is 1.17. The van der Waals surface area contributed by atoms with Crippen LogP contribution in [-0.4, -0.2) is 79.0 Å². The van der Waals surface area contributed by atoms with Gasteiger partial charge in [-0.05, 0) is 37.0 Å². The van der Waals surface area contributed by atoms with Gasteiger partial charge in [-0.2, -0.15) is 0 Å². The van der Waals surface area contributed by atoms with Crippen LogP contribution >= 0.6 is 0 Å². The van der Waals surface area contributed by atoms with Crippen LogP contribution in [0.1, 0.15) is 30.7 Å². The average Bonchev–Trinajstić information content (AvgIpc) is 2.72. The van der Waals surface area contributed by atoms with E-state index < -0.39 is 24.7 Å². The number of nitrogens with zero attached hydrogens (tertiary/aromatic N) is 2. The fourth-order valence-electron chi connectivity index (χ4n) is 3.94. The molecule has 0 aliphatic carbocycles. The molecule has 11 heteroatoms. The van der Waals surface area contributed by atoms with Crippen LogP contribution in [0.3, 0.4) is 0 Å². The van der Waals surface area contributed by atoms with Crippen molar-refractivity contribution in [3.05, 3.63) is 29.8 Å². The van der Waals surface area contributed by atoms with Crippen LogP contribution in [0.25, 0.3) is 0 Å². The number of aliphatic hydroxyl groups is 1. The Kier molecular flexibility index (Phi) is 7.14. The van der Waals surface area contributed by atoms with Gasteiger partial charge in [0.25, 0.3) is 0 Å². The number of alkyl halides is 3. The van der Waals surface area contributed by atoms with Gasteiger partial charge in [-0.25, -0.2) is 9.59 Å². The molecular formula is C20H25F3N2O6. The van der Waals surface area contributed by atoms with Gasteiger partial charge < -0.3 is 29.1 Å². The highest BCUT2D eigenvalue weighted by atomic mass is 19.4. The fourth-order valence-corrected chi connectivity index (χ4v) is 3.94. The van der Waals surface area contributed by atoms with E-state index in [1.165, 1.54) is 30.2 Å². The summed E-state index contributed by atoms with van der Waals surface area (Å²) in [5.74, 6) is -0.733. The lowest BCUT2D eigenvalue weighted by Crippen LogP contribution is -2.53. The molecule has 172 valence electrons. The first kappa shape index (κ1) is 23.0. The Morgan fingerprint density at radius 2 is 1.84 bits per heavy atom. The van der Waals surface area contributed by atoms with Gasteiger partial charge in [-0.1, -0.05) is 12.1 Å². The summed E-state index contributed by atoms with van der Waals surface area (Å²) in [5, 5.41) is 9.67. The molecule has 2 amide bonds. The molecule has 2 heterocycles. The second kappa shape index (κ2) is 9.63. The lowest BCUT2D eigenvalue weighted by molar-refractivity contribution is -0.274. The number of rotatable bonds is 3. The first-order chi connectivity index (χ1) is 14.6. The maximum Gasteiger partial charge on any atom is 0.573 e. The van der Waals surface area contributed by atoms with Crippen LogP contribution in [0.2, 0.25) is 0 Å². The normalized spacial score (nSPS) is 22.7. The number of likely N-dealkylation sites (tertiary alicyclic amines) is 2. The molecule has 0 saturated carbocycles. The molecule has 1 N–H and O–H groups in total. The van der Waals surface area contributed by atoms with E-state index in [0.717, 1.165) is 0 Å². The molecule has 2 aliphatic rings. The van der Waals surface area contributed by atoms with Crippen molar-refractivity contribution in [2.45, 2.75) is 43.8 Å². The van der Waals surface area contributed by atoms with Crippen molar-refractivity contribution in [3.8, 4) is 5.75 Å². The fraction of sp³-hybridized carbons (Fsp3) is 0.600. The number of carbonyl (C=O) groups excluding carboxylic acids is 2. The van der Waals surface area contributed by atoms with E-state index in [2.05, 4.69) is 9.47 Å². The van der Waals surface area contributed by atoms with Crippen LogP contribution in [0.15, 0.2) is 24.3 Å². The summed E-state index contributed by atoms with van der Waals surface area (Å²) in [5.41, 5.74) is 0.534. The Hall–Kier alpha value is -2.69. The second-order valence-electron chi connectivity index (χ2n) is 7.65. The summed E-state index contributed by atoms with van der Waals surface area (Å²) in [6, 6.07) is 5.30. The molecule has 2 unspecified atom stereocenters. The van der Waals surface area contributed by atoms with E-state index in [-0.39, 0.29) is 30.8 Å². The number of halogens is 3. The van der Waals surface area contributed by atoms with Gasteiger partial charge in [0.2, 0.25) is 0 Å². The number of aliphatic hydroxyl groups excluding tert-OH is 1. The Bertz CT molecular complexity index is 782. The average molecular weight is 446 g/mol. The largest absolute Gasteiger partial charge is 0.573 e. The minimum absolute atomic E-state index is 0.141. The molecule has 2 saturated heterocycles. The first-order valence-corrected chi connectivity index (χ1v) is 9.97. The lowest BCUT2D eigenvalue weighted by Gasteiger charge is -2.41. The van der Waals surface area contributed by atoms with E-state index in [1.807, 2.05) is 0 Å². The van der Waals surface area contributed by atoms with E-state index >= 15 is 0 Å². The molecule has 0 spiro atoms. The highest BCUT2D eigenvalue weighted by Gasteiger charge is 2.36. The van der Waals surface area contributed by atoms with Gasteiger partial charge in [-0.15, -0.1) is 13.2 Å². The van der Waals surface area contributed by atoms with E-state index in [0.29, 0.717) is 37.9 Å². The van der Waals surface area contributed by atoms with E-state index in [1.54, 1.807) is 11.0 Å². The molecule has 0 bridgehead atoms. The van der Waals surface area contributed by atoms with E-state index in [4.69, 9.17) is 4.74 Å². The molecular weight excluding hydrogens is 421 g/mol. The Morgan fingerprint density at radius 3 is 2.48 bits per heavy atom. The number of carbonyl (C=O) groups is 2. The molecule has 1 aromatic carbocycles. The molecule has 2 aliphatic heterocycles. The molecule has 2 fully saturated rings. The predicted molar refractivity (Wildman–Crippen MR) is 102 cm³/mol. The standard InChI is InChI=1S/C20H25F3N2O6/c1-29-19(28)30-17-10-14(13-3-2-4-16(9-13)31-20(21,22)23)11-25(12-17)18(27)24-7-5-15(26)6-8-24/h2-4,9,14-15,17,26H,5-8,10-12H2,1H3. The second-order valence-corrected chi connectivity index (χ2v) is 7.65. The maximum absolute atomic E-state index is 13.0. The van der Waals surface area contributed by atoms with Crippen LogP contribution in [0.5, 0.6) is 5.75 Å². The molecule has 3 rings (SSSR count). The summed E-state index contributed by atoms with van der Waals surface area (Å²) in [6.07, 6.45) is -5.57. The van der Waals surface area contributed by atoms with Crippen molar-refractivity contribution in [1.29, 1.82) is 0 Å². The van der Waals surface area contributed by atoms with Crippen LogP contribution in [-0.2, 0) is 9.47 Å². The van der Waals surface area contributed by atoms with Crippen molar-refractivity contribution >= 4 is 12.2 Å². The number of urea groups is 1. The van der Waals surface area contributed by atoms with Gasteiger partial charge in [0.15, 0.2) is 0 Å². The van der Waals surface area contributed by atoms with Crippen LogP contribution < -0.4 is 4.74 Å². The van der Waals surface area contributed by atoms with Crippen LogP contribution in [0.4, 0.5) is 22.8 Å². The number of amides is 2. The zero-order valence-corrected chi connectivity index (χ0v) is 17.0. The SMILES string of the molecule is COC(=O)OC1CC(c2cccc(OC(F)(F)F)c2)CN(C(=O)N2CCC(O)CC2)C1. The molecule has 0 aromatic heterocycles. The third kappa shape index (κ3) is 6.39. The third-order valence-corrected chi connectivity index (χ3v) is 5.41. The number of benzene rings is 1. The third-order valence-electron chi connectivity index (χ3n) is 5.41. The summed E-state index contributed by atoms with van der Waals surface area (Å²) < 4.78 is 51.6. The van der Waals surface area contributed by atoms with Crippen molar-refractivity contribution in [3.63, 3.8) is 0 Å². The highest BCUT2D eigenvalue weighted by Crippen LogP contribution is 2.33. The number of piperidine rings is 2. The van der Waals surface area contributed by atoms with Gasteiger partial charge >= 0.3 is 18.5 Å². The van der Waals surface area contributed by atoms with Gasteiger partial charge in [0.05, 0.1) is 19.8 Å². The molecule has 2 atom stereocenters. The number of methoxy groups -OCH3 is 1. The summed E-state index contributed by atoms with van der Waals surface area (Å²) in [6.45, 7) is 1.19. The Morgan fingerprint density at radius 1 is 1.13 bits per heavy atom. The lowest BCUT2D eigenvalue weighted by atomic mass is 9.89. The van der Waals surface area contributed by atoms with Crippen molar-refractivity contribution in [2.24, 2.45) is 0 Å². The minimum Gasteiger partial charge on any atom is -0.438 e. The van der Waals surface area contributed by atoms with E-state index in [9.17, 15) is 27.9 Å². The van der Waals surface area contributed by atoms with Gasteiger partial charge in [0.1, 0.15) is 11.9 Å². The van der Waals surface area contributed by atoms with Crippen molar-refractivity contribution in [2.75, 3.05) is 33.3 Å². The smallest absolute Gasteiger partial charge is 0.438 e. The summed E-state index contributed by atoms with van der Waals surface area (Å²) in [4.78, 5) is 27.8. The van der Waals surface area contributed by atoms with Crippen molar-refractivity contribution in [1.82, 2.24) is 9.80 Å². The van der Waals surface area contributed by atoms with Crippen molar-refractivity contribution < 1.29 is 42.1 Å². The number of hydrogen-bond donors (Lipinski definition) is 1. The molecule has 1 aromatic rings.